The van der Waals surface area contributed by atoms with Gasteiger partial charge in [-0.25, -0.2) is 4.79 Å². The van der Waals surface area contributed by atoms with E-state index < -0.39 is 17.4 Å². The van der Waals surface area contributed by atoms with Crippen molar-refractivity contribution in [3.63, 3.8) is 0 Å². The fraction of sp³-hybridized carbons (Fsp3) is 0.389. The number of hydrogen-bond acceptors (Lipinski definition) is 5. The molecule has 3 rings (SSSR count). The smallest absolute Gasteiger partial charge is 0.332 e. The number of hydrogen-bond donors (Lipinski definition) is 2. The van der Waals surface area contributed by atoms with E-state index in [1.165, 1.54) is 11.6 Å². The average Bonchev–Trinajstić information content (AvgIpc) is 2.96. The maximum atomic E-state index is 12.7. The summed E-state index contributed by atoms with van der Waals surface area (Å²) in [6, 6.07) is 7.99. The molecule has 0 aliphatic carbocycles. The second-order valence-corrected chi connectivity index (χ2v) is 6.62. The van der Waals surface area contributed by atoms with E-state index in [2.05, 4.69) is 10.3 Å². The van der Waals surface area contributed by atoms with Crippen molar-refractivity contribution in [2.45, 2.75) is 26.5 Å². The van der Waals surface area contributed by atoms with E-state index in [4.69, 9.17) is 0 Å². The molecule has 2 heterocycles. The van der Waals surface area contributed by atoms with Crippen molar-refractivity contribution >= 4 is 17.1 Å². The molecule has 3 aromatic rings. The number of aromatic nitrogens is 4. The molecular formula is C18H23N5O3. The highest BCUT2D eigenvalue weighted by Crippen LogP contribution is 2.18. The molecule has 0 aliphatic heterocycles. The van der Waals surface area contributed by atoms with Gasteiger partial charge < -0.3 is 10.4 Å². The van der Waals surface area contributed by atoms with E-state index in [0.717, 1.165) is 15.7 Å². The predicted molar refractivity (Wildman–Crippen MR) is 101 cm³/mol. The van der Waals surface area contributed by atoms with Crippen molar-refractivity contribution in [3.05, 3.63) is 56.2 Å². The third-order valence-electron chi connectivity index (χ3n) is 4.36. The lowest BCUT2D eigenvalue weighted by Crippen LogP contribution is -2.37. The Morgan fingerprint density at radius 3 is 2.42 bits per heavy atom. The van der Waals surface area contributed by atoms with Gasteiger partial charge in [-0.3, -0.25) is 18.5 Å². The normalized spacial score (nSPS) is 12.5. The van der Waals surface area contributed by atoms with Crippen molar-refractivity contribution in [3.8, 4) is 0 Å². The van der Waals surface area contributed by atoms with Crippen LogP contribution in [0.15, 0.2) is 33.9 Å². The molecule has 0 fully saturated rings. The fourth-order valence-electron chi connectivity index (χ4n) is 2.85. The predicted octanol–water partition coefficient (Wildman–Crippen LogP) is 0.583. The molecule has 2 N–H and O–H groups in total. The molecule has 0 amide bonds. The summed E-state index contributed by atoms with van der Waals surface area (Å²) in [5.41, 5.74) is 2.00. The highest BCUT2D eigenvalue weighted by atomic mass is 16.3. The van der Waals surface area contributed by atoms with Crippen molar-refractivity contribution < 1.29 is 5.11 Å². The number of fused-ring (bicyclic) bond motifs is 1. The van der Waals surface area contributed by atoms with Crippen LogP contribution >= 0.6 is 0 Å². The van der Waals surface area contributed by atoms with E-state index in [1.54, 1.807) is 18.5 Å². The first kappa shape index (κ1) is 17.9. The van der Waals surface area contributed by atoms with Crippen LogP contribution in [0.3, 0.4) is 0 Å². The zero-order valence-electron chi connectivity index (χ0n) is 15.4. The monoisotopic (exact) mass is 357 g/mol. The van der Waals surface area contributed by atoms with Gasteiger partial charge in [0.2, 0.25) is 5.95 Å². The summed E-state index contributed by atoms with van der Waals surface area (Å²) in [6.45, 7) is 4.38. The van der Waals surface area contributed by atoms with Gasteiger partial charge in [0.05, 0.1) is 12.6 Å². The van der Waals surface area contributed by atoms with Gasteiger partial charge in [0.15, 0.2) is 11.2 Å². The minimum Gasteiger partial charge on any atom is -0.392 e. The van der Waals surface area contributed by atoms with Crippen LogP contribution in [0.5, 0.6) is 0 Å². The zero-order valence-corrected chi connectivity index (χ0v) is 15.4. The van der Waals surface area contributed by atoms with Crippen LogP contribution in [0.1, 0.15) is 18.1 Å². The molecule has 2 aromatic heterocycles. The largest absolute Gasteiger partial charge is 0.392 e. The Balaban J connectivity index is 2.22. The number of anilines is 1. The lowest BCUT2D eigenvalue weighted by atomic mass is 10.1. The Bertz CT molecular complexity index is 1060. The van der Waals surface area contributed by atoms with E-state index in [0.29, 0.717) is 23.7 Å². The van der Waals surface area contributed by atoms with Crippen LogP contribution < -0.4 is 16.6 Å². The van der Waals surface area contributed by atoms with Crippen molar-refractivity contribution in [2.75, 3.05) is 11.9 Å². The molecule has 0 radical (unpaired) electrons. The Morgan fingerprint density at radius 1 is 1.15 bits per heavy atom. The van der Waals surface area contributed by atoms with Crippen LogP contribution in [-0.2, 0) is 20.6 Å². The van der Waals surface area contributed by atoms with Gasteiger partial charge in [-0.05, 0) is 19.4 Å². The minimum atomic E-state index is -0.575. The Labute approximate surface area is 150 Å². The second kappa shape index (κ2) is 6.80. The van der Waals surface area contributed by atoms with E-state index in [1.807, 2.05) is 31.2 Å². The summed E-state index contributed by atoms with van der Waals surface area (Å²) in [4.78, 5) is 29.4. The van der Waals surface area contributed by atoms with Gasteiger partial charge in [0.25, 0.3) is 5.56 Å². The molecule has 0 bridgehead atoms. The molecule has 0 saturated carbocycles. The van der Waals surface area contributed by atoms with E-state index in [9.17, 15) is 14.7 Å². The minimum absolute atomic E-state index is 0.283. The van der Waals surface area contributed by atoms with E-state index >= 15 is 0 Å². The van der Waals surface area contributed by atoms with Gasteiger partial charge in [-0.2, -0.15) is 4.98 Å². The summed E-state index contributed by atoms with van der Waals surface area (Å²) >= 11 is 0. The molecule has 0 spiro atoms. The lowest BCUT2D eigenvalue weighted by Gasteiger charge is -2.12. The van der Waals surface area contributed by atoms with Gasteiger partial charge in [-0.1, -0.05) is 29.8 Å². The number of imidazole rings is 1. The van der Waals surface area contributed by atoms with Crippen molar-refractivity contribution in [1.82, 2.24) is 18.7 Å². The lowest BCUT2D eigenvalue weighted by molar-refractivity contribution is 0.208. The highest BCUT2D eigenvalue weighted by molar-refractivity contribution is 5.74. The molecule has 1 unspecified atom stereocenters. The maximum Gasteiger partial charge on any atom is 0.332 e. The fourth-order valence-corrected chi connectivity index (χ4v) is 2.85. The summed E-state index contributed by atoms with van der Waals surface area (Å²) in [5, 5.41) is 12.6. The SMILES string of the molecule is Cc1ccc(Cn2c(NCC(C)O)nc3c2c(=O)n(C)c(=O)n3C)cc1. The highest BCUT2D eigenvalue weighted by Gasteiger charge is 2.19. The number of nitrogens with zero attached hydrogens (tertiary/aromatic N) is 4. The summed E-state index contributed by atoms with van der Waals surface area (Å²) < 4.78 is 4.19. The Kier molecular flexibility index (Phi) is 4.69. The first-order valence-corrected chi connectivity index (χ1v) is 8.43. The summed E-state index contributed by atoms with van der Waals surface area (Å²) in [5.74, 6) is 0.444. The summed E-state index contributed by atoms with van der Waals surface area (Å²) in [6.07, 6.45) is -0.575. The van der Waals surface area contributed by atoms with Crippen LogP contribution in [-0.4, -0.2) is 36.4 Å². The third-order valence-corrected chi connectivity index (χ3v) is 4.36. The number of rotatable bonds is 5. The number of aliphatic hydroxyl groups is 1. The number of benzene rings is 1. The first-order valence-electron chi connectivity index (χ1n) is 8.43. The van der Waals surface area contributed by atoms with Crippen LogP contribution in [0.2, 0.25) is 0 Å². The molecule has 1 aromatic carbocycles. The number of aliphatic hydroxyl groups excluding tert-OH is 1. The standard InChI is InChI=1S/C18H23N5O3/c1-11-5-7-13(8-6-11)10-23-14-15(20-17(23)19-9-12(2)24)21(3)18(26)22(4)16(14)25/h5-8,12,24H,9-10H2,1-4H3,(H,19,20). The molecule has 1 atom stereocenters. The van der Waals surface area contributed by atoms with Gasteiger partial charge in [0, 0.05) is 20.6 Å². The molecular weight excluding hydrogens is 334 g/mol. The molecule has 8 nitrogen and oxygen atoms in total. The number of aryl methyl sites for hydroxylation is 2. The van der Waals surface area contributed by atoms with Crippen molar-refractivity contribution in [1.29, 1.82) is 0 Å². The van der Waals surface area contributed by atoms with Gasteiger partial charge >= 0.3 is 5.69 Å². The first-order chi connectivity index (χ1) is 12.3. The topological polar surface area (TPSA) is 94.1 Å². The van der Waals surface area contributed by atoms with Crippen LogP contribution in [0.25, 0.3) is 11.2 Å². The second-order valence-electron chi connectivity index (χ2n) is 6.62. The van der Waals surface area contributed by atoms with Gasteiger partial charge in [0.1, 0.15) is 0 Å². The number of nitrogens with one attached hydrogen (secondary N) is 1. The maximum absolute atomic E-state index is 12.7. The molecule has 138 valence electrons. The molecule has 26 heavy (non-hydrogen) atoms. The zero-order chi connectivity index (χ0) is 19.0. The third kappa shape index (κ3) is 3.15. The molecule has 0 saturated heterocycles. The van der Waals surface area contributed by atoms with E-state index in [-0.39, 0.29) is 6.54 Å². The van der Waals surface area contributed by atoms with Crippen LogP contribution in [0, 0.1) is 6.92 Å². The molecule has 8 heteroatoms. The van der Waals surface area contributed by atoms with Gasteiger partial charge in [-0.15, -0.1) is 0 Å². The quantitative estimate of drug-likeness (QED) is 0.697. The Morgan fingerprint density at radius 2 is 1.81 bits per heavy atom. The Hall–Kier alpha value is -2.87. The summed E-state index contributed by atoms with van der Waals surface area (Å²) in [7, 11) is 3.04. The van der Waals surface area contributed by atoms with Crippen LogP contribution in [0.4, 0.5) is 5.95 Å². The van der Waals surface area contributed by atoms with Crippen molar-refractivity contribution in [2.24, 2.45) is 14.1 Å². The average molecular weight is 357 g/mol. The molecule has 0 aliphatic rings.